The summed E-state index contributed by atoms with van der Waals surface area (Å²) in [6.07, 6.45) is 0. The molecule has 1 aliphatic rings. The molecule has 1 aliphatic heterocycles. The van der Waals surface area contributed by atoms with Crippen molar-refractivity contribution in [3.05, 3.63) is 17.5 Å². The highest BCUT2D eigenvalue weighted by Crippen LogP contribution is 2.46. The zero-order valence-electron chi connectivity index (χ0n) is 16.8. The van der Waals surface area contributed by atoms with Crippen LogP contribution < -0.4 is 5.32 Å². The number of likely N-dealkylation sites (tertiary alicyclic amines) is 1. The van der Waals surface area contributed by atoms with Crippen molar-refractivity contribution < 1.29 is 0 Å². The molecule has 5 nitrogen and oxygen atoms in total. The zero-order valence-corrected chi connectivity index (χ0v) is 16.8. The van der Waals surface area contributed by atoms with Crippen LogP contribution in [0.15, 0.2) is 11.1 Å². The maximum Gasteiger partial charge on any atom is 0.194 e. The largest absolute Gasteiger partial charge is 0.356 e. The summed E-state index contributed by atoms with van der Waals surface area (Å²) in [6, 6.07) is 2.13. The van der Waals surface area contributed by atoms with Crippen LogP contribution in [-0.4, -0.2) is 45.8 Å². The molecule has 1 N–H and O–H groups in total. The Kier molecular flexibility index (Phi) is 5.31. The Balaban J connectivity index is 2.02. The molecule has 1 unspecified atom stereocenters. The second-order valence-corrected chi connectivity index (χ2v) is 8.44. The number of rotatable bonds is 5. The molecule has 0 saturated carbocycles. The van der Waals surface area contributed by atoms with Crippen LogP contribution in [0.2, 0.25) is 0 Å². The molecule has 0 aliphatic carbocycles. The molecule has 1 fully saturated rings. The Hall–Kier alpha value is -1.52. The maximum absolute atomic E-state index is 4.92. The van der Waals surface area contributed by atoms with Crippen LogP contribution in [-0.2, 0) is 6.54 Å². The molecule has 1 aromatic rings. The first-order chi connectivity index (χ1) is 11.1. The number of hydrogen-bond acceptors (Lipinski definition) is 2. The van der Waals surface area contributed by atoms with Crippen LogP contribution in [0.25, 0.3) is 0 Å². The third-order valence-electron chi connectivity index (χ3n) is 5.62. The smallest absolute Gasteiger partial charge is 0.194 e. The van der Waals surface area contributed by atoms with E-state index in [1.807, 2.05) is 6.92 Å². The average molecular weight is 334 g/mol. The second kappa shape index (κ2) is 6.77. The van der Waals surface area contributed by atoms with E-state index in [9.17, 15) is 0 Å². The number of guanidine groups is 1. The molecule has 0 radical (unpaired) electrons. The Morgan fingerprint density at radius 3 is 2.46 bits per heavy atom. The summed E-state index contributed by atoms with van der Waals surface area (Å²) in [6.45, 7) is 21.5. The van der Waals surface area contributed by atoms with Crippen molar-refractivity contribution in [2.45, 2.75) is 67.5 Å². The molecule has 1 aromatic heterocycles. The number of nitrogens with one attached hydrogen (secondary N) is 1. The van der Waals surface area contributed by atoms with E-state index in [0.717, 1.165) is 37.8 Å². The molecule has 2 rings (SSSR count). The highest BCUT2D eigenvalue weighted by atomic mass is 15.4. The Labute approximate surface area is 147 Å². The van der Waals surface area contributed by atoms with Crippen molar-refractivity contribution in [1.82, 2.24) is 20.0 Å². The van der Waals surface area contributed by atoms with Gasteiger partial charge in [-0.1, -0.05) is 20.8 Å². The number of aryl methyl sites for hydroxylation is 2. The van der Waals surface area contributed by atoms with Crippen LogP contribution in [0, 0.1) is 25.2 Å². The first-order valence-electron chi connectivity index (χ1n) is 9.15. The monoisotopic (exact) mass is 333 g/mol. The molecule has 0 amide bonds. The van der Waals surface area contributed by atoms with Crippen molar-refractivity contribution in [3.63, 3.8) is 0 Å². The first-order valence-corrected chi connectivity index (χ1v) is 9.15. The SMILES string of the molecule is CCNC(=NCC(C)Cn1nc(C)cc1C)N1CC(C)(C)C1(C)C. The van der Waals surface area contributed by atoms with E-state index in [4.69, 9.17) is 4.99 Å². The number of hydrogen-bond donors (Lipinski definition) is 1. The van der Waals surface area contributed by atoms with Crippen molar-refractivity contribution >= 4 is 5.96 Å². The molecule has 0 aromatic carbocycles. The van der Waals surface area contributed by atoms with Gasteiger partial charge in [-0.2, -0.15) is 5.10 Å². The molecule has 5 heteroatoms. The predicted octanol–water partition coefficient (Wildman–Crippen LogP) is 3.22. The number of aliphatic imine (C=N–C) groups is 1. The molecule has 0 bridgehead atoms. The van der Waals surface area contributed by atoms with E-state index in [1.54, 1.807) is 0 Å². The standard InChI is InChI=1S/C19H35N5/c1-9-20-17(23-13-18(5,6)19(23,7)8)21-11-14(2)12-24-16(4)10-15(3)22-24/h10,14H,9,11-13H2,1-8H3,(H,20,21). The highest BCUT2D eigenvalue weighted by molar-refractivity contribution is 5.82. The minimum absolute atomic E-state index is 0.132. The topological polar surface area (TPSA) is 45.5 Å². The molecule has 136 valence electrons. The highest BCUT2D eigenvalue weighted by Gasteiger charge is 2.53. The van der Waals surface area contributed by atoms with Gasteiger partial charge in [0.2, 0.25) is 0 Å². The number of nitrogens with zero attached hydrogens (tertiary/aromatic N) is 4. The van der Waals surface area contributed by atoms with Crippen molar-refractivity contribution in [2.75, 3.05) is 19.6 Å². The van der Waals surface area contributed by atoms with Crippen LogP contribution in [0.3, 0.4) is 0 Å². The van der Waals surface area contributed by atoms with Crippen molar-refractivity contribution in [2.24, 2.45) is 16.3 Å². The molecule has 0 spiro atoms. The molecular weight excluding hydrogens is 298 g/mol. The lowest BCUT2D eigenvalue weighted by Crippen LogP contribution is -2.72. The summed E-state index contributed by atoms with van der Waals surface area (Å²) in [5, 5.41) is 8.03. The summed E-state index contributed by atoms with van der Waals surface area (Å²) < 4.78 is 2.10. The summed E-state index contributed by atoms with van der Waals surface area (Å²) in [5.74, 6) is 1.50. The van der Waals surface area contributed by atoms with E-state index < -0.39 is 0 Å². The maximum atomic E-state index is 4.92. The summed E-state index contributed by atoms with van der Waals surface area (Å²) in [4.78, 5) is 7.33. The third kappa shape index (κ3) is 3.60. The van der Waals surface area contributed by atoms with Crippen molar-refractivity contribution in [1.29, 1.82) is 0 Å². The fraction of sp³-hybridized carbons (Fsp3) is 0.789. The van der Waals surface area contributed by atoms with Gasteiger partial charge < -0.3 is 10.2 Å². The zero-order chi connectivity index (χ0) is 18.1. The van der Waals surface area contributed by atoms with Crippen LogP contribution >= 0.6 is 0 Å². The Morgan fingerprint density at radius 1 is 1.33 bits per heavy atom. The van der Waals surface area contributed by atoms with E-state index in [1.165, 1.54) is 5.69 Å². The van der Waals surface area contributed by atoms with Gasteiger partial charge in [0.15, 0.2) is 5.96 Å². The lowest BCUT2D eigenvalue weighted by molar-refractivity contribution is -0.0668. The minimum Gasteiger partial charge on any atom is -0.356 e. The fourth-order valence-corrected chi connectivity index (χ4v) is 3.25. The number of aromatic nitrogens is 2. The van der Waals surface area contributed by atoms with Crippen LogP contribution in [0.4, 0.5) is 0 Å². The summed E-state index contributed by atoms with van der Waals surface area (Å²) >= 11 is 0. The molecule has 24 heavy (non-hydrogen) atoms. The van der Waals surface area contributed by atoms with Gasteiger partial charge in [0.05, 0.1) is 5.69 Å². The fourth-order valence-electron chi connectivity index (χ4n) is 3.25. The molecule has 1 atom stereocenters. The van der Waals surface area contributed by atoms with E-state index in [0.29, 0.717) is 11.3 Å². The molecule has 2 heterocycles. The molecular formula is C19H35N5. The van der Waals surface area contributed by atoms with Gasteiger partial charge in [-0.15, -0.1) is 0 Å². The van der Waals surface area contributed by atoms with E-state index >= 15 is 0 Å². The lowest BCUT2D eigenvalue weighted by Gasteiger charge is -2.62. The van der Waals surface area contributed by atoms with E-state index in [-0.39, 0.29) is 5.54 Å². The predicted molar refractivity (Wildman–Crippen MR) is 101 cm³/mol. The normalized spacial score (nSPS) is 20.7. The quantitative estimate of drug-likeness (QED) is 0.665. The summed E-state index contributed by atoms with van der Waals surface area (Å²) in [5.41, 5.74) is 2.76. The third-order valence-corrected chi connectivity index (χ3v) is 5.62. The van der Waals surface area contributed by atoms with Crippen molar-refractivity contribution in [3.8, 4) is 0 Å². The van der Waals surface area contributed by atoms with Crippen LogP contribution in [0.1, 0.15) is 52.9 Å². The second-order valence-electron chi connectivity index (χ2n) is 8.44. The molecule has 1 saturated heterocycles. The van der Waals surface area contributed by atoms with Gasteiger partial charge in [-0.05, 0) is 46.6 Å². The van der Waals surface area contributed by atoms with Gasteiger partial charge in [-0.3, -0.25) is 9.67 Å². The van der Waals surface area contributed by atoms with Crippen LogP contribution in [0.5, 0.6) is 0 Å². The van der Waals surface area contributed by atoms with Gasteiger partial charge in [0.1, 0.15) is 0 Å². The summed E-state index contributed by atoms with van der Waals surface area (Å²) in [7, 11) is 0. The van der Waals surface area contributed by atoms with Gasteiger partial charge in [0, 0.05) is 42.8 Å². The van der Waals surface area contributed by atoms with Gasteiger partial charge in [-0.25, -0.2) is 0 Å². The lowest BCUT2D eigenvalue weighted by atomic mass is 9.65. The Morgan fingerprint density at radius 2 is 2.00 bits per heavy atom. The average Bonchev–Trinajstić information content (AvgIpc) is 2.79. The minimum atomic E-state index is 0.132. The van der Waals surface area contributed by atoms with Gasteiger partial charge in [0.25, 0.3) is 0 Å². The van der Waals surface area contributed by atoms with E-state index in [2.05, 4.69) is 74.5 Å². The first kappa shape index (κ1) is 18.8. The Bertz CT molecular complexity index is 597. The van der Waals surface area contributed by atoms with Gasteiger partial charge >= 0.3 is 0 Å².